The summed E-state index contributed by atoms with van der Waals surface area (Å²) in [6, 6.07) is 18.1. The van der Waals surface area contributed by atoms with Crippen molar-refractivity contribution in [1.82, 2.24) is 4.90 Å². The first-order valence-electron chi connectivity index (χ1n) is 12.3. The smallest absolute Gasteiger partial charge is 0.165 e. The van der Waals surface area contributed by atoms with Crippen molar-refractivity contribution in [3.8, 4) is 23.0 Å². The first-order valence-corrected chi connectivity index (χ1v) is 12.3. The van der Waals surface area contributed by atoms with Crippen molar-refractivity contribution < 1.29 is 24.4 Å². The number of aromatic hydroxyl groups is 1. The van der Waals surface area contributed by atoms with Gasteiger partial charge in [0, 0.05) is 36.7 Å². The Hall–Kier alpha value is -3.48. The molecule has 1 aliphatic rings. The standard InChI is InChI=1S/C30H35NO5/c1-5-9-22-14-25-20(2)29(36-30(25)27(15-22)35-4)23-16-24(28(33)26(17-23)34-3)19-31(12-13-32)18-21-10-7-6-8-11-21/h5-11,14-17,20,29,32-33H,12-13,18-19H2,1-4H3/b9-5+. The minimum absolute atomic E-state index is 0.0246. The number of benzene rings is 3. The van der Waals surface area contributed by atoms with Crippen molar-refractivity contribution in [3.63, 3.8) is 0 Å². The fourth-order valence-corrected chi connectivity index (χ4v) is 4.87. The second-order valence-corrected chi connectivity index (χ2v) is 9.12. The van der Waals surface area contributed by atoms with Gasteiger partial charge in [-0.25, -0.2) is 0 Å². The van der Waals surface area contributed by atoms with Crippen LogP contribution in [0.1, 0.15) is 53.7 Å². The van der Waals surface area contributed by atoms with Crippen LogP contribution in [0.2, 0.25) is 0 Å². The van der Waals surface area contributed by atoms with Gasteiger partial charge in [-0.3, -0.25) is 4.90 Å². The Morgan fingerprint density at radius 2 is 1.75 bits per heavy atom. The fourth-order valence-electron chi connectivity index (χ4n) is 4.87. The molecule has 0 spiro atoms. The van der Waals surface area contributed by atoms with Crippen LogP contribution in [0.5, 0.6) is 23.0 Å². The van der Waals surface area contributed by atoms with Gasteiger partial charge in [-0.15, -0.1) is 0 Å². The molecule has 2 atom stereocenters. The predicted molar refractivity (Wildman–Crippen MR) is 142 cm³/mol. The molecule has 0 bridgehead atoms. The molecule has 6 nitrogen and oxygen atoms in total. The molecule has 0 fully saturated rings. The summed E-state index contributed by atoms with van der Waals surface area (Å²) >= 11 is 0. The van der Waals surface area contributed by atoms with Crippen LogP contribution in [-0.4, -0.2) is 42.5 Å². The van der Waals surface area contributed by atoms with Gasteiger partial charge in [-0.2, -0.15) is 0 Å². The molecule has 0 amide bonds. The third-order valence-electron chi connectivity index (χ3n) is 6.66. The third kappa shape index (κ3) is 5.35. The van der Waals surface area contributed by atoms with Gasteiger partial charge in [0.25, 0.3) is 0 Å². The zero-order valence-corrected chi connectivity index (χ0v) is 21.4. The number of phenolic OH excluding ortho intramolecular Hbond substituents is 1. The molecule has 1 aliphatic heterocycles. The van der Waals surface area contributed by atoms with Crippen LogP contribution >= 0.6 is 0 Å². The predicted octanol–water partition coefficient (Wildman–Crippen LogP) is 5.67. The second-order valence-electron chi connectivity index (χ2n) is 9.12. The summed E-state index contributed by atoms with van der Waals surface area (Å²) in [6.45, 7) is 5.74. The van der Waals surface area contributed by atoms with Gasteiger partial charge in [-0.05, 0) is 47.9 Å². The van der Waals surface area contributed by atoms with Crippen LogP contribution in [0, 0.1) is 0 Å². The number of aliphatic hydroxyl groups excluding tert-OH is 1. The van der Waals surface area contributed by atoms with Crippen molar-refractivity contribution in [1.29, 1.82) is 0 Å². The van der Waals surface area contributed by atoms with Gasteiger partial charge in [0.05, 0.1) is 20.8 Å². The first-order chi connectivity index (χ1) is 17.5. The third-order valence-corrected chi connectivity index (χ3v) is 6.66. The topological polar surface area (TPSA) is 71.4 Å². The minimum atomic E-state index is -0.261. The molecule has 0 aromatic heterocycles. The van der Waals surface area contributed by atoms with E-state index in [0.717, 1.165) is 33.6 Å². The molecule has 6 heteroatoms. The summed E-state index contributed by atoms with van der Waals surface area (Å²) < 4.78 is 17.7. The van der Waals surface area contributed by atoms with E-state index in [1.807, 2.05) is 55.5 Å². The molecule has 1 heterocycles. The highest BCUT2D eigenvalue weighted by atomic mass is 16.5. The Morgan fingerprint density at radius 1 is 1.00 bits per heavy atom. The van der Waals surface area contributed by atoms with Crippen LogP contribution < -0.4 is 14.2 Å². The number of methoxy groups -OCH3 is 2. The summed E-state index contributed by atoms with van der Waals surface area (Å²) in [4.78, 5) is 2.10. The minimum Gasteiger partial charge on any atom is -0.504 e. The molecule has 0 saturated carbocycles. The van der Waals surface area contributed by atoms with E-state index in [4.69, 9.17) is 14.2 Å². The molecular weight excluding hydrogens is 454 g/mol. The van der Waals surface area contributed by atoms with Crippen LogP contribution in [0.25, 0.3) is 6.08 Å². The van der Waals surface area contributed by atoms with Crippen LogP contribution in [0.4, 0.5) is 0 Å². The fraction of sp³-hybridized carbons (Fsp3) is 0.333. The van der Waals surface area contributed by atoms with E-state index in [0.29, 0.717) is 31.1 Å². The van der Waals surface area contributed by atoms with Crippen molar-refractivity contribution in [2.45, 2.75) is 39.0 Å². The second kappa shape index (κ2) is 11.5. The summed E-state index contributed by atoms with van der Waals surface area (Å²) in [7, 11) is 3.21. The van der Waals surface area contributed by atoms with Crippen molar-refractivity contribution >= 4 is 6.08 Å². The van der Waals surface area contributed by atoms with Crippen LogP contribution in [0.3, 0.4) is 0 Å². The van der Waals surface area contributed by atoms with Crippen LogP contribution in [-0.2, 0) is 13.1 Å². The maximum Gasteiger partial charge on any atom is 0.165 e. The number of phenols is 1. The lowest BCUT2D eigenvalue weighted by atomic mass is 9.90. The molecule has 3 aromatic rings. The lowest BCUT2D eigenvalue weighted by Gasteiger charge is -2.24. The Morgan fingerprint density at radius 3 is 2.42 bits per heavy atom. The summed E-state index contributed by atoms with van der Waals surface area (Å²) in [6.07, 6.45) is 3.79. The number of fused-ring (bicyclic) bond motifs is 1. The van der Waals surface area contributed by atoms with Gasteiger partial charge in [-0.1, -0.05) is 49.4 Å². The van der Waals surface area contributed by atoms with Gasteiger partial charge < -0.3 is 24.4 Å². The van der Waals surface area contributed by atoms with E-state index >= 15 is 0 Å². The first kappa shape index (κ1) is 25.6. The van der Waals surface area contributed by atoms with E-state index in [2.05, 4.69) is 30.0 Å². The van der Waals surface area contributed by atoms with E-state index in [-0.39, 0.29) is 24.4 Å². The lowest BCUT2D eigenvalue weighted by Crippen LogP contribution is -2.26. The Balaban J connectivity index is 1.67. The van der Waals surface area contributed by atoms with Crippen LogP contribution in [0.15, 0.2) is 60.7 Å². The largest absolute Gasteiger partial charge is 0.504 e. The number of allylic oxidation sites excluding steroid dienone is 1. The Labute approximate surface area is 213 Å². The van der Waals surface area contributed by atoms with E-state index in [1.165, 1.54) is 0 Å². The van der Waals surface area contributed by atoms with E-state index < -0.39 is 0 Å². The maximum atomic E-state index is 11.0. The molecule has 0 saturated heterocycles. The molecule has 0 aliphatic carbocycles. The van der Waals surface area contributed by atoms with Gasteiger partial charge in [0.2, 0.25) is 0 Å². The zero-order valence-electron chi connectivity index (χ0n) is 21.4. The Kier molecular flexibility index (Phi) is 8.18. The molecule has 190 valence electrons. The molecule has 2 N–H and O–H groups in total. The van der Waals surface area contributed by atoms with Crippen molar-refractivity contribution in [2.24, 2.45) is 0 Å². The maximum absolute atomic E-state index is 11.0. The molecular formula is C30H35NO5. The van der Waals surface area contributed by atoms with Gasteiger partial charge in [0.15, 0.2) is 23.0 Å². The normalized spacial score (nSPS) is 16.8. The number of aliphatic hydroxyl groups is 1. The van der Waals surface area contributed by atoms with E-state index in [9.17, 15) is 10.2 Å². The molecule has 4 rings (SSSR count). The van der Waals surface area contributed by atoms with E-state index in [1.54, 1.807) is 14.2 Å². The highest BCUT2D eigenvalue weighted by molar-refractivity contribution is 5.62. The average molecular weight is 490 g/mol. The van der Waals surface area contributed by atoms with Gasteiger partial charge in [0.1, 0.15) is 6.10 Å². The number of ether oxygens (including phenoxy) is 3. The molecule has 3 aromatic carbocycles. The highest BCUT2D eigenvalue weighted by Gasteiger charge is 2.36. The van der Waals surface area contributed by atoms with Crippen molar-refractivity contribution in [3.05, 3.63) is 88.5 Å². The molecule has 2 unspecified atom stereocenters. The monoisotopic (exact) mass is 489 g/mol. The summed E-state index contributed by atoms with van der Waals surface area (Å²) in [5, 5.41) is 20.6. The lowest BCUT2D eigenvalue weighted by molar-refractivity contribution is 0.182. The summed E-state index contributed by atoms with van der Waals surface area (Å²) in [5.41, 5.74) is 4.94. The van der Waals surface area contributed by atoms with Gasteiger partial charge >= 0.3 is 0 Å². The Bertz CT molecular complexity index is 1210. The highest BCUT2D eigenvalue weighted by Crippen LogP contribution is 2.51. The SMILES string of the molecule is C/C=C/c1cc(OC)c2c(c1)C(C)C(c1cc(CN(CCO)Cc3ccccc3)c(O)c(OC)c1)O2. The van der Waals surface area contributed by atoms with Crippen molar-refractivity contribution in [2.75, 3.05) is 27.4 Å². The molecule has 0 radical (unpaired) electrons. The zero-order chi connectivity index (χ0) is 25.7. The quantitative estimate of drug-likeness (QED) is 0.382. The molecule has 36 heavy (non-hydrogen) atoms. The average Bonchev–Trinajstić information content (AvgIpc) is 3.22. The number of hydrogen-bond acceptors (Lipinski definition) is 6. The number of rotatable bonds is 10. The number of nitrogens with zero attached hydrogens (tertiary/aromatic N) is 1. The summed E-state index contributed by atoms with van der Waals surface area (Å²) in [5.74, 6) is 2.03. The number of hydrogen-bond donors (Lipinski definition) is 2.